The van der Waals surface area contributed by atoms with E-state index in [-0.39, 0.29) is 11.5 Å². The van der Waals surface area contributed by atoms with Crippen molar-refractivity contribution in [3.8, 4) is 17.6 Å². The molecule has 0 saturated carbocycles. The van der Waals surface area contributed by atoms with Crippen molar-refractivity contribution in [3.63, 3.8) is 0 Å². The number of rotatable bonds is 7. The van der Waals surface area contributed by atoms with Gasteiger partial charge in [0.05, 0.1) is 12.7 Å². The molecule has 0 radical (unpaired) electrons. The molecule has 31 heavy (non-hydrogen) atoms. The lowest BCUT2D eigenvalue weighted by Gasteiger charge is -2.11. The number of carbonyl (C=O) groups excluding carboxylic acids is 1. The molecule has 1 amide bonds. The van der Waals surface area contributed by atoms with Crippen molar-refractivity contribution >= 4 is 26.0 Å². The Morgan fingerprint density at radius 2 is 1.77 bits per heavy atom. The maximum Gasteiger partial charge on any atom is 0.265 e. The molecule has 1 unspecified atom stereocenters. The molecule has 8 nitrogen and oxygen atoms in total. The molecule has 1 atom stereocenters. The Bertz CT molecular complexity index is 1240. The Balaban J connectivity index is 2.34. The Morgan fingerprint density at radius 1 is 1.13 bits per heavy atom. The number of methoxy groups -OCH3 is 1. The van der Waals surface area contributed by atoms with Crippen LogP contribution in [0.1, 0.15) is 42.6 Å². The van der Waals surface area contributed by atoms with Gasteiger partial charge in [-0.2, -0.15) is 0 Å². The fraction of sp³-hybridized carbons (Fsp3) is 0.286. The van der Waals surface area contributed by atoms with E-state index in [0.29, 0.717) is 11.3 Å². The molecule has 2 rings (SSSR count). The van der Waals surface area contributed by atoms with Gasteiger partial charge in [0.25, 0.3) is 15.9 Å². The zero-order chi connectivity index (χ0) is 23.2. The summed E-state index contributed by atoms with van der Waals surface area (Å²) in [5.41, 5.74) is 0.560. The molecule has 10 heteroatoms. The average molecular weight is 465 g/mol. The molecule has 0 bridgehead atoms. The summed E-state index contributed by atoms with van der Waals surface area (Å²) in [6.07, 6.45) is 1.96. The molecule has 0 aliphatic carbocycles. The second kappa shape index (κ2) is 9.96. The molecule has 0 aromatic heterocycles. The van der Waals surface area contributed by atoms with Crippen molar-refractivity contribution in [2.24, 2.45) is 11.1 Å². The van der Waals surface area contributed by atoms with Crippen molar-refractivity contribution in [2.45, 2.75) is 36.5 Å². The van der Waals surface area contributed by atoms with Crippen LogP contribution in [0.3, 0.4) is 0 Å². The molecule has 0 aliphatic heterocycles. The van der Waals surface area contributed by atoms with Gasteiger partial charge in [-0.1, -0.05) is 44.2 Å². The molecule has 166 valence electrons. The Morgan fingerprint density at radius 3 is 2.35 bits per heavy atom. The molecular formula is C21H24N2O6S2. The highest BCUT2D eigenvalue weighted by Crippen LogP contribution is 2.22. The number of hydrogen-bond donors (Lipinski definition) is 2. The number of benzene rings is 2. The number of ether oxygens (including phenoxy) is 1. The number of nitrogens with two attached hydrogens (primary N) is 1. The fourth-order valence-corrected chi connectivity index (χ4v) is 5.14. The summed E-state index contributed by atoms with van der Waals surface area (Å²) in [4.78, 5) is 11.3. The number of sulfonamides is 2. The first kappa shape index (κ1) is 24.4. The topological polar surface area (TPSA) is 133 Å². The predicted molar refractivity (Wildman–Crippen MR) is 116 cm³/mol. The second-order valence-electron chi connectivity index (χ2n) is 6.80. The zero-order valence-corrected chi connectivity index (χ0v) is 19.0. The van der Waals surface area contributed by atoms with E-state index in [1.165, 1.54) is 31.4 Å². The molecule has 2 aromatic carbocycles. The largest absolute Gasteiger partial charge is 0.495 e. The molecule has 2 aromatic rings. The molecular weight excluding hydrogens is 440 g/mol. The Hall–Kier alpha value is -2.87. The highest BCUT2D eigenvalue weighted by atomic mass is 32.2. The maximum absolute atomic E-state index is 12.6. The van der Waals surface area contributed by atoms with Crippen molar-refractivity contribution in [2.75, 3.05) is 7.11 Å². The van der Waals surface area contributed by atoms with Crippen LogP contribution in [-0.4, -0.2) is 29.9 Å². The van der Waals surface area contributed by atoms with E-state index in [1.54, 1.807) is 6.07 Å². The third-order valence-electron chi connectivity index (χ3n) is 4.31. The zero-order valence-electron chi connectivity index (χ0n) is 17.4. The van der Waals surface area contributed by atoms with E-state index in [2.05, 4.69) is 18.8 Å². The van der Waals surface area contributed by atoms with E-state index in [1.807, 2.05) is 11.6 Å². The van der Waals surface area contributed by atoms with Crippen LogP contribution in [0.2, 0.25) is 0 Å². The quantitative estimate of drug-likeness (QED) is 0.604. The van der Waals surface area contributed by atoms with Crippen molar-refractivity contribution < 1.29 is 26.4 Å². The lowest BCUT2D eigenvalue weighted by Crippen LogP contribution is -2.32. The number of hydrogen-bond acceptors (Lipinski definition) is 6. The van der Waals surface area contributed by atoms with Crippen LogP contribution in [-0.2, 0) is 20.0 Å². The summed E-state index contributed by atoms with van der Waals surface area (Å²) in [5, 5.41) is 5.08. The van der Waals surface area contributed by atoms with Gasteiger partial charge in [-0.25, -0.2) is 26.7 Å². The first-order chi connectivity index (χ1) is 14.5. The van der Waals surface area contributed by atoms with Crippen LogP contribution in [0.4, 0.5) is 0 Å². The van der Waals surface area contributed by atoms with Gasteiger partial charge in [0.15, 0.2) is 0 Å². The normalized spacial score (nSPS) is 12.4. The third kappa shape index (κ3) is 6.30. The van der Waals surface area contributed by atoms with Crippen LogP contribution >= 0.6 is 0 Å². The van der Waals surface area contributed by atoms with Crippen molar-refractivity contribution in [1.82, 2.24) is 4.72 Å². The first-order valence-electron chi connectivity index (χ1n) is 9.38. The van der Waals surface area contributed by atoms with Crippen LogP contribution in [0.25, 0.3) is 0 Å². The molecule has 0 fully saturated rings. The summed E-state index contributed by atoms with van der Waals surface area (Å²) in [6, 6.07) is 9.08. The highest BCUT2D eigenvalue weighted by molar-refractivity contribution is 7.92. The van der Waals surface area contributed by atoms with E-state index in [0.717, 1.165) is 25.0 Å². The number of carbonyl (C=O) groups is 1. The smallest absolute Gasteiger partial charge is 0.265 e. The van der Waals surface area contributed by atoms with Gasteiger partial charge in [0.1, 0.15) is 15.5 Å². The Labute approximate surface area is 182 Å². The molecule has 0 saturated heterocycles. The van der Waals surface area contributed by atoms with Crippen molar-refractivity contribution in [3.05, 3.63) is 53.6 Å². The molecule has 0 heterocycles. The van der Waals surface area contributed by atoms with Gasteiger partial charge in [0.2, 0.25) is 10.0 Å². The third-order valence-corrected chi connectivity index (χ3v) is 6.80. The minimum atomic E-state index is -4.51. The average Bonchev–Trinajstić information content (AvgIpc) is 2.71. The predicted octanol–water partition coefficient (Wildman–Crippen LogP) is 2.25. The fourth-order valence-electron chi connectivity index (χ4n) is 2.79. The van der Waals surface area contributed by atoms with Gasteiger partial charge < -0.3 is 4.74 Å². The maximum atomic E-state index is 12.6. The molecule has 0 spiro atoms. The molecule has 0 aliphatic rings. The minimum absolute atomic E-state index is 0.000619. The summed E-state index contributed by atoms with van der Waals surface area (Å²) < 4.78 is 55.8. The van der Waals surface area contributed by atoms with Gasteiger partial charge in [0, 0.05) is 11.5 Å². The van der Waals surface area contributed by atoms with E-state index < -0.39 is 35.7 Å². The molecule has 3 N–H and O–H groups in total. The van der Waals surface area contributed by atoms with Gasteiger partial charge in [-0.3, -0.25) is 4.79 Å². The monoisotopic (exact) mass is 464 g/mol. The summed E-state index contributed by atoms with van der Waals surface area (Å²) in [6.45, 7) is 4.08. The summed E-state index contributed by atoms with van der Waals surface area (Å²) >= 11 is 0. The van der Waals surface area contributed by atoms with Gasteiger partial charge >= 0.3 is 0 Å². The summed E-state index contributed by atoms with van der Waals surface area (Å²) in [7, 11) is -7.41. The number of nitrogens with one attached hydrogen (secondary N) is 1. The standard InChI is InChI=1S/C21H24N2O6S2/c1-4-7-15(2)10-11-16-12-13-17(14-18(16)29-3)21(24)23-31(27,28)20-9-6-5-8-19(20)30(22,25)26/h5-6,8-9,12-15H,4,7H2,1-3H3,(H,23,24)(H2,22,25,26). The summed E-state index contributed by atoms with van der Waals surface area (Å²) in [5.74, 6) is 5.67. The first-order valence-corrected chi connectivity index (χ1v) is 12.4. The van der Waals surface area contributed by atoms with Crippen LogP contribution in [0, 0.1) is 17.8 Å². The lowest BCUT2D eigenvalue weighted by molar-refractivity contribution is 0.0981. The number of amides is 1. The number of primary sulfonamides is 1. The van der Waals surface area contributed by atoms with Crippen LogP contribution < -0.4 is 14.6 Å². The van der Waals surface area contributed by atoms with E-state index >= 15 is 0 Å². The van der Waals surface area contributed by atoms with Crippen LogP contribution in [0.5, 0.6) is 5.75 Å². The van der Waals surface area contributed by atoms with E-state index in [4.69, 9.17) is 9.88 Å². The second-order valence-corrected chi connectivity index (χ2v) is 9.98. The highest BCUT2D eigenvalue weighted by Gasteiger charge is 2.26. The SMILES string of the molecule is CCCC(C)C#Cc1ccc(C(=O)NS(=O)(=O)c2ccccc2S(N)(=O)=O)cc1OC. The minimum Gasteiger partial charge on any atom is -0.495 e. The van der Waals surface area contributed by atoms with Gasteiger partial charge in [-0.05, 0) is 36.8 Å². The van der Waals surface area contributed by atoms with Gasteiger partial charge in [-0.15, -0.1) is 0 Å². The van der Waals surface area contributed by atoms with Crippen molar-refractivity contribution in [1.29, 1.82) is 0 Å². The van der Waals surface area contributed by atoms with Crippen LogP contribution in [0.15, 0.2) is 52.3 Å². The Kier molecular flexibility index (Phi) is 7.84. The lowest BCUT2D eigenvalue weighted by atomic mass is 10.1. The van der Waals surface area contributed by atoms with E-state index in [9.17, 15) is 21.6 Å².